The molecule has 0 saturated carbocycles. The molecule has 1 aromatic rings. The fourth-order valence-corrected chi connectivity index (χ4v) is 3.81. The minimum Gasteiger partial charge on any atom is -0.445 e. The molecule has 0 radical (unpaired) electrons. The number of amides is 1. The van der Waals surface area contributed by atoms with E-state index in [1.807, 2.05) is 30.3 Å². The van der Waals surface area contributed by atoms with E-state index in [4.69, 9.17) is 5.11 Å². The molecular weight excluding hydrogens is 340 g/mol. The zero-order valence-electron chi connectivity index (χ0n) is 14.4. The van der Waals surface area contributed by atoms with Crippen LogP contribution in [0.1, 0.15) is 37.7 Å². The number of quaternary nitrogens is 1. The van der Waals surface area contributed by atoms with E-state index in [2.05, 4.69) is 4.72 Å². The molecule has 0 aliphatic heterocycles. The van der Waals surface area contributed by atoms with Crippen LogP contribution in [-0.2, 0) is 14.8 Å². The molecule has 5 N–H and O–H groups in total. The average molecular weight is 366 g/mol. The molecule has 2 rings (SSSR count). The van der Waals surface area contributed by atoms with E-state index in [0.717, 1.165) is 11.3 Å². The van der Waals surface area contributed by atoms with Crippen LogP contribution in [0.3, 0.4) is 0 Å². The molecule has 6 nitrogen and oxygen atoms in total. The Kier molecular flexibility index (Phi) is 7.07. The topological polar surface area (TPSA) is 103 Å². The van der Waals surface area contributed by atoms with Crippen molar-refractivity contribution >= 4 is 21.6 Å². The van der Waals surface area contributed by atoms with Crippen LogP contribution in [-0.4, -0.2) is 32.6 Å². The standard InChI is InChI=1S/C18H24N2O4S/c1-14(22)20-17-8-4-15(5-9-17)16-6-10-18(11-7-16)25(23,24)19-12-2-3-13-21/h4-6,8-11,16,19,21H,2-3,7,12-13H2,1H3,(H,20,22)/p+2. The Hall–Kier alpha value is -1.80. The lowest BCUT2D eigenvalue weighted by Crippen LogP contribution is -2.81. The van der Waals surface area contributed by atoms with Crippen molar-refractivity contribution in [3.05, 3.63) is 53.0 Å². The van der Waals surface area contributed by atoms with Crippen molar-refractivity contribution in [2.24, 2.45) is 0 Å². The molecule has 0 aromatic heterocycles. The van der Waals surface area contributed by atoms with Gasteiger partial charge in [-0.05, 0) is 36.6 Å². The highest BCUT2D eigenvalue weighted by Gasteiger charge is 2.19. The zero-order chi connectivity index (χ0) is 18.3. The second-order valence-electron chi connectivity index (χ2n) is 6.08. The smallest absolute Gasteiger partial charge is 0.312 e. The second-order valence-corrected chi connectivity index (χ2v) is 7.85. The molecule has 1 amide bonds. The molecule has 1 aromatic carbocycles. The summed E-state index contributed by atoms with van der Waals surface area (Å²) in [4.78, 5) is 11.4. The third-order valence-electron chi connectivity index (χ3n) is 4.01. The van der Waals surface area contributed by atoms with Crippen LogP contribution in [0.2, 0.25) is 0 Å². The summed E-state index contributed by atoms with van der Waals surface area (Å²) >= 11 is 0. The number of carbonyl (C=O) groups excluding carboxylic acids is 1. The molecule has 136 valence electrons. The van der Waals surface area contributed by atoms with Gasteiger partial charge in [0.05, 0.1) is 11.8 Å². The van der Waals surface area contributed by atoms with Gasteiger partial charge in [-0.15, -0.1) is 0 Å². The molecule has 0 spiro atoms. The Morgan fingerprint density at radius 3 is 2.56 bits per heavy atom. The number of nitrogens with two attached hydrogens (primary N) is 1. The minimum absolute atomic E-state index is 0.0123. The maximum Gasteiger partial charge on any atom is 0.312 e. The highest BCUT2D eigenvalue weighted by Crippen LogP contribution is 2.28. The van der Waals surface area contributed by atoms with Crippen LogP contribution < -0.4 is 10.0 Å². The van der Waals surface area contributed by atoms with E-state index in [0.29, 0.717) is 37.3 Å². The van der Waals surface area contributed by atoms with Gasteiger partial charge in [0.25, 0.3) is 0 Å². The van der Waals surface area contributed by atoms with Crippen LogP contribution in [0.15, 0.2) is 47.4 Å². The SMILES string of the molecule is CC(=O)[NH2+]c1ccc(C2C=CC(S(=O)(=O)NCCCC[OH2+])=CC2)cc1. The van der Waals surface area contributed by atoms with Crippen LogP contribution >= 0.6 is 0 Å². The normalized spacial score (nSPS) is 17.4. The number of primary amides is 1. The number of nitrogens with one attached hydrogen (secondary N) is 1. The number of sulfonamides is 1. The van der Waals surface area contributed by atoms with Crippen molar-refractivity contribution in [2.75, 3.05) is 13.2 Å². The molecule has 1 aliphatic carbocycles. The van der Waals surface area contributed by atoms with Crippen molar-refractivity contribution in [1.82, 2.24) is 4.72 Å². The van der Waals surface area contributed by atoms with Crippen molar-refractivity contribution in [2.45, 2.75) is 32.1 Å². The number of allylic oxidation sites excluding steroid dienone is 3. The van der Waals surface area contributed by atoms with Gasteiger partial charge in [0, 0.05) is 18.9 Å². The number of unbranched alkanes of at least 4 members (excludes halogenated alkanes) is 1. The van der Waals surface area contributed by atoms with Gasteiger partial charge in [-0.2, -0.15) is 0 Å². The predicted molar refractivity (Wildman–Crippen MR) is 97.9 cm³/mol. The van der Waals surface area contributed by atoms with Gasteiger partial charge in [-0.25, -0.2) is 17.9 Å². The lowest BCUT2D eigenvalue weighted by atomic mass is 9.92. The average Bonchev–Trinajstić information content (AvgIpc) is 2.59. The van der Waals surface area contributed by atoms with Gasteiger partial charge in [0.2, 0.25) is 10.0 Å². The lowest BCUT2D eigenvalue weighted by molar-refractivity contribution is -0.481. The van der Waals surface area contributed by atoms with Crippen molar-refractivity contribution < 1.29 is 23.6 Å². The van der Waals surface area contributed by atoms with E-state index >= 15 is 0 Å². The Bertz CT molecular complexity index is 752. The predicted octanol–water partition coefficient (Wildman–Crippen LogP) is 0.780. The van der Waals surface area contributed by atoms with Crippen LogP contribution in [0.4, 0.5) is 5.69 Å². The number of hydrogen-bond donors (Lipinski definition) is 2. The molecule has 0 heterocycles. The Balaban J connectivity index is 1.95. The molecule has 7 heteroatoms. The minimum atomic E-state index is -3.47. The largest absolute Gasteiger partial charge is 0.445 e. The van der Waals surface area contributed by atoms with E-state index in [1.165, 1.54) is 6.92 Å². The van der Waals surface area contributed by atoms with Gasteiger partial charge in [-0.3, -0.25) is 5.32 Å². The quantitative estimate of drug-likeness (QED) is 0.404. The van der Waals surface area contributed by atoms with Gasteiger partial charge in [0.1, 0.15) is 12.3 Å². The first-order chi connectivity index (χ1) is 11.9. The van der Waals surface area contributed by atoms with E-state index in [1.54, 1.807) is 17.5 Å². The summed E-state index contributed by atoms with van der Waals surface area (Å²) in [5.74, 6) is 0.145. The summed E-state index contributed by atoms with van der Waals surface area (Å²) in [6.07, 6.45) is 7.28. The number of carbonyl (C=O) groups is 1. The molecule has 25 heavy (non-hydrogen) atoms. The molecule has 0 fully saturated rings. The van der Waals surface area contributed by atoms with Crippen LogP contribution in [0.5, 0.6) is 0 Å². The summed E-state index contributed by atoms with van der Waals surface area (Å²) in [6, 6.07) is 7.73. The van der Waals surface area contributed by atoms with Crippen molar-refractivity contribution in [1.29, 1.82) is 0 Å². The molecule has 0 bridgehead atoms. The number of hydrogen-bond acceptors (Lipinski definition) is 3. The van der Waals surface area contributed by atoms with Gasteiger partial charge < -0.3 is 5.11 Å². The fourth-order valence-electron chi connectivity index (χ4n) is 2.66. The first-order valence-electron chi connectivity index (χ1n) is 8.40. The van der Waals surface area contributed by atoms with Crippen LogP contribution in [0, 0.1) is 0 Å². The zero-order valence-corrected chi connectivity index (χ0v) is 15.2. The Labute approximate surface area is 148 Å². The summed E-state index contributed by atoms with van der Waals surface area (Å²) in [6.45, 7) is 2.20. The maximum absolute atomic E-state index is 12.2. The number of rotatable bonds is 8. The second kappa shape index (κ2) is 9.05. The Morgan fingerprint density at radius 2 is 2.00 bits per heavy atom. The summed E-state index contributed by atoms with van der Waals surface area (Å²) in [5, 5.41) is 8.65. The lowest BCUT2D eigenvalue weighted by Gasteiger charge is -2.17. The van der Waals surface area contributed by atoms with E-state index < -0.39 is 10.0 Å². The summed E-state index contributed by atoms with van der Waals surface area (Å²) in [5.41, 5.74) is 1.96. The van der Waals surface area contributed by atoms with Crippen molar-refractivity contribution in [3.63, 3.8) is 0 Å². The summed E-state index contributed by atoms with van der Waals surface area (Å²) in [7, 11) is -3.47. The van der Waals surface area contributed by atoms with Crippen LogP contribution in [0.25, 0.3) is 0 Å². The Morgan fingerprint density at radius 1 is 1.28 bits per heavy atom. The summed E-state index contributed by atoms with van der Waals surface area (Å²) < 4.78 is 27.0. The first-order valence-corrected chi connectivity index (χ1v) is 9.88. The third kappa shape index (κ3) is 5.89. The van der Waals surface area contributed by atoms with Gasteiger partial charge in [-0.1, -0.05) is 24.3 Å². The highest BCUT2D eigenvalue weighted by molar-refractivity contribution is 7.93. The first kappa shape index (κ1) is 19.5. The third-order valence-corrected chi connectivity index (χ3v) is 5.51. The molecule has 1 atom stereocenters. The van der Waals surface area contributed by atoms with E-state index in [-0.39, 0.29) is 11.8 Å². The van der Waals surface area contributed by atoms with E-state index in [9.17, 15) is 13.2 Å². The van der Waals surface area contributed by atoms with Gasteiger partial charge >= 0.3 is 5.91 Å². The molecular formula is C18H26N2O4S+2. The molecule has 0 saturated heterocycles. The number of benzene rings is 1. The maximum atomic E-state index is 12.2. The fraction of sp³-hybridized carbons (Fsp3) is 0.389. The molecule has 1 unspecified atom stereocenters. The van der Waals surface area contributed by atoms with Gasteiger partial charge in [0.15, 0.2) is 0 Å². The van der Waals surface area contributed by atoms with Crippen molar-refractivity contribution in [3.8, 4) is 0 Å². The molecule has 1 aliphatic rings. The highest BCUT2D eigenvalue weighted by atomic mass is 32.2. The monoisotopic (exact) mass is 366 g/mol.